The third-order valence-corrected chi connectivity index (χ3v) is 3.23. The summed E-state index contributed by atoms with van der Waals surface area (Å²) in [6, 6.07) is 5.81. The van der Waals surface area contributed by atoms with Crippen molar-refractivity contribution in [3.05, 3.63) is 29.6 Å². The fraction of sp³-hybridized carbons (Fsp3) is 0.429. The number of nitrogens with one attached hydrogen (secondary N) is 1. The quantitative estimate of drug-likeness (QED) is 0.899. The normalized spacial score (nSPS) is 18.7. The van der Waals surface area contributed by atoms with Gasteiger partial charge in [-0.1, -0.05) is 6.92 Å². The summed E-state index contributed by atoms with van der Waals surface area (Å²) >= 11 is 0. The van der Waals surface area contributed by atoms with Gasteiger partial charge >= 0.3 is 0 Å². The maximum atomic E-state index is 13.3. The van der Waals surface area contributed by atoms with Gasteiger partial charge in [0.25, 0.3) is 0 Å². The molecule has 0 bridgehead atoms. The van der Waals surface area contributed by atoms with Crippen molar-refractivity contribution in [2.24, 2.45) is 0 Å². The molecule has 1 aromatic rings. The Bertz CT molecular complexity index is 524. The van der Waals surface area contributed by atoms with Gasteiger partial charge in [0.05, 0.1) is 11.6 Å². The highest BCUT2D eigenvalue weighted by Crippen LogP contribution is 2.23. The van der Waals surface area contributed by atoms with Gasteiger partial charge in [0.2, 0.25) is 5.91 Å². The zero-order valence-corrected chi connectivity index (χ0v) is 10.8. The summed E-state index contributed by atoms with van der Waals surface area (Å²) < 4.78 is 13.3. The number of amides is 1. The van der Waals surface area contributed by atoms with Crippen molar-refractivity contribution in [3.8, 4) is 6.07 Å². The summed E-state index contributed by atoms with van der Waals surface area (Å²) in [4.78, 5) is 13.8. The van der Waals surface area contributed by atoms with E-state index in [2.05, 4.69) is 5.32 Å². The Hall–Kier alpha value is -1.93. The zero-order valence-electron chi connectivity index (χ0n) is 10.8. The molecule has 1 fully saturated rings. The van der Waals surface area contributed by atoms with Crippen molar-refractivity contribution < 1.29 is 9.18 Å². The predicted octanol–water partition coefficient (Wildman–Crippen LogP) is 1.80. The Balaban J connectivity index is 2.15. The van der Waals surface area contributed by atoms with Crippen LogP contribution in [0.5, 0.6) is 0 Å². The van der Waals surface area contributed by atoms with Crippen LogP contribution in [0.15, 0.2) is 18.2 Å². The van der Waals surface area contributed by atoms with E-state index in [4.69, 9.17) is 5.26 Å². The average molecular weight is 261 g/mol. The van der Waals surface area contributed by atoms with Crippen LogP contribution in [0.2, 0.25) is 0 Å². The van der Waals surface area contributed by atoms with E-state index >= 15 is 0 Å². The lowest BCUT2D eigenvalue weighted by atomic mass is 10.2. The molecule has 1 unspecified atom stereocenters. The Morgan fingerprint density at radius 1 is 1.58 bits per heavy atom. The number of benzene rings is 1. The van der Waals surface area contributed by atoms with Gasteiger partial charge in [0.1, 0.15) is 11.9 Å². The Labute approximate surface area is 111 Å². The number of hydrogen-bond acceptors (Lipinski definition) is 3. The molecule has 100 valence electrons. The van der Waals surface area contributed by atoms with E-state index in [9.17, 15) is 9.18 Å². The Kier molecular flexibility index (Phi) is 4.13. The van der Waals surface area contributed by atoms with Crippen LogP contribution in [0.25, 0.3) is 0 Å². The predicted molar refractivity (Wildman–Crippen MR) is 70.2 cm³/mol. The van der Waals surface area contributed by atoms with Gasteiger partial charge in [0, 0.05) is 12.2 Å². The van der Waals surface area contributed by atoms with Crippen LogP contribution in [0.3, 0.4) is 0 Å². The van der Waals surface area contributed by atoms with Crippen molar-refractivity contribution in [1.82, 2.24) is 5.32 Å². The molecule has 1 aliphatic heterocycles. The first kappa shape index (κ1) is 13.5. The number of halogens is 1. The molecule has 19 heavy (non-hydrogen) atoms. The highest BCUT2D eigenvalue weighted by molar-refractivity contribution is 5.99. The Morgan fingerprint density at radius 2 is 2.37 bits per heavy atom. The summed E-state index contributed by atoms with van der Waals surface area (Å²) in [6.07, 6.45) is 1.71. The molecule has 0 aliphatic carbocycles. The third kappa shape index (κ3) is 2.74. The molecule has 1 amide bonds. The van der Waals surface area contributed by atoms with Crippen molar-refractivity contribution in [3.63, 3.8) is 0 Å². The summed E-state index contributed by atoms with van der Waals surface area (Å²) in [5.41, 5.74) is 0.555. The molecule has 0 spiro atoms. The molecular weight excluding hydrogens is 245 g/mol. The van der Waals surface area contributed by atoms with Gasteiger partial charge in [-0.05, 0) is 37.6 Å². The number of rotatable bonds is 4. The maximum absolute atomic E-state index is 13.3. The van der Waals surface area contributed by atoms with E-state index in [-0.39, 0.29) is 17.5 Å². The van der Waals surface area contributed by atoms with Gasteiger partial charge in [-0.3, -0.25) is 4.79 Å². The van der Waals surface area contributed by atoms with Crippen molar-refractivity contribution in [2.75, 3.05) is 18.0 Å². The topological polar surface area (TPSA) is 56.1 Å². The lowest BCUT2D eigenvalue weighted by Gasteiger charge is -2.17. The van der Waals surface area contributed by atoms with E-state index in [1.165, 1.54) is 18.2 Å². The summed E-state index contributed by atoms with van der Waals surface area (Å²) in [6.45, 7) is 3.44. The molecule has 1 N–H and O–H groups in total. The fourth-order valence-electron chi connectivity index (χ4n) is 2.21. The molecule has 1 aromatic carbocycles. The van der Waals surface area contributed by atoms with Crippen LogP contribution in [0.1, 0.15) is 25.3 Å². The van der Waals surface area contributed by atoms with E-state index in [0.29, 0.717) is 12.2 Å². The van der Waals surface area contributed by atoms with Crippen molar-refractivity contribution >= 4 is 11.6 Å². The number of carbonyl (C=O) groups excluding carboxylic acids is 1. The van der Waals surface area contributed by atoms with E-state index in [1.54, 1.807) is 11.0 Å². The van der Waals surface area contributed by atoms with E-state index in [0.717, 1.165) is 19.4 Å². The van der Waals surface area contributed by atoms with Gasteiger partial charge < -0.3 is 10.2 Å². The minimum atomic E-state index is -0.557. The monoisotopic (exact) mass is 261 g/mol. The SMILES string of the molecule is CCCNC1CCN(c2ccc(F)c(C#N)c2)C1=O. The van der Waals surface area contributed by atoms with Gasteiger partial charge in [-0.2, -0.15) is 5.26 Å². The van der Waals surface area contributed by atoms with Gasteiger partial charge in [-0.25, -0.2) is 4.39 Å². The van der Waals surface area contributed by atoms with E-state index in [1.807, 2.05) is 6.92 Å². The fourth-order valence-corrected chi connectivity index (χ4v) is 2.21. The zero-order chi connectivity index (χ0) is 13.8. The van der Waals surface area contributed by atoms with Crippen molar-refractivity contribution in [2.45, 2.75) is 25.8 Å². The number of anilines is 1. The van der Waals surface area contributed by atoms with Crippen molar-refractivity contribution in [1.29, 1.82) is 5.26 Å². The molecule has 5 heteroatoms. The molecule has 1 aliphatic rings. The van der Waals surface area contributed by atoms with Crippen LogP contribution < -0.4 is 10.2 Å². The van der Waals surface area contributed by atoms with Gasteiger partial charge in [0.15, 0.2) is 0 Å². The molecule has 4 nitrogen and oxygen atoms in total. The second kappa shape index (κ2) is 5.81. The third-order valence-electron chi connectivity index (χ3n) is 3.23. The first-order chi connectivity index (χ1) is 9.17. The van der Waals surface area contributed by atoms with Gasteiger partial charge in [-0.15, -0.1) is 0 Å². The average Bonchev–Trinajstić information content (AvgIpc) is 2.78. The summed E-state index contributed by atoms with van der Waals surface area (Å²) in [5, 5.41) is 12.0. The largest absolute Gasteiger partial charge is 0.311 e. The summed E-state index contributed by atoms with van der Waals surface area (Å²) in [5.74, 6) is -0.567. The molecule has 1 atom stereocenters. The highest BCUT2D eigenvalue weighted by Gasteiger charge is 2.32. The second-order valence-corrected chi connectivity index (χ2v) is 4.56. The lowest BCUT2D eigenvalue weighted by Crippen LogP contribution is -2.38. The molecule has 2 rings (SSSR count). The smallest absolute Gasteiger partial charge is 0.244 e. The standard InChI is InChI=1S/C14H16FN3O/c1-2-6-17-13-5-7-18(14(13)19)11-3-4-12(15)10(8-11)9-16/h3-4,8,13,17H,2,5-7H2,1H3. The number of nitriles is 1. The molecular formula is C14H16FN3O. The number of carbonyl (C=O) groups is 1. The lowest BCUT2D eigenvalue weighted by molar-refractivity contribution is -0.118. The minimum Gasteiger partial charge on any atom is -0.311 e. The first-order valence-corrected chi connectivity index (χ1v) is 6.41. The van der Waals surface area contributed by atoms with Crippen LogP contribution >= 0.6 is 0 Å². The minimum absolute atomic E-state index is 0.0102. The molecule has 0 aromatic heterocycles. The molecule has 1 saturated heterocycles. The van der Waals surface area contributed by atoms with Crippen LogP contribution in [0.4, 0.5) is 10.1 Å². The molecule has 1 heterocycles. The number of hydrogen-bond donors (Lipinski definition) is 1. The van der Waals surface area contributed by atoms with E-state index < -0.39 is 5.82 Å². The van der Waals surface area contributed by atoms with Crippen LogP contribution in [0, 0.1) is 17.1 Å². The molecule has 0 radical (unpaired) electrons. The number of nitrogens with zero attached hydrogens (tertiary/aromatic N) is 2. The molecule has 0 saturated carbocycles. The Morgan fingerprint density at radius 3 is 3.05 bits per heavy atom. The van der Waals surface area contributed by atoms with Crippen LogP contribution in [-0.4, -0.2) is 25.0 Å². The van der Waals surface area contributed by atoms with Crippen LogP contribution in [-0.2, 0) is 4.79 Å². The first-order valence-electron chi connectivity index (χ1n) is 6.41. The highest BCUT2D eigenvalue weighted by atomic mass is 19.1. The second-order valence-electron chi connectivity index (χ2n) is 4.56. The summed E-state index contributed by atoms with van der Waals surface area (Å²) in [7, 11) is 0. The maximum Gasteiger partial charge on any atom is 0.244 e.